The van der Waals surface area contributed by atoms with Crippen molar-refractivity contribution in [1.82, 2.24) is 10.8 Å². The molecule has 0 aliphatic rings. The van der Waals surface area contributed by atoms with Gasteiger partial charge in [-0.3, -0.25) is 4.84 Å². The van der Waals surface area contributed by atoms with Crippen LogP contribution in [0.1, 0.15) is 20.8 Å². The Morgan fingerprint density at radius 3 is 2.20 bits per heavy atom. The van der Waals surface area contributed by atoms with Crippen LogP contribution in [0.15, 0.2) is 0 Å². The molecular weight excluding hydrogens is 148 g/mol. The molecular formula is C6H14N2OS. The topological polar surface area (TPSA) is 33.3 Å². The Morgan fingerprint density at radius 2 is 1.90 bits per heavy atom. The number of hydroxylamine groups is 1. The van der Waals surface area contributed by atoms with E-state index >= 15 is 0 Å². The van der Waals surface area contributed by atoms with Gasteiger partial charge in [0.2, 0.25) is 0 Å². The Kier molecular flexibility index (Phi) is 3.60. The minimum absolute atomic E-state index is 0.207. The van der Waals surface area contributed by atoms with Crippen LogP contribution in [0.5, 0.6) is 0 Å². The molecule has 0 spiro atoms. The van der Waals surface area contributed by atoms with E-state index in [1.165, 1.54) is 0 Å². The van der Waals surface area contributed by atoms with Gasteiger partial charge in [0.25, 0.3) is 0 Å². The van der Waals surface area contributed by atoms with Gasteiger partial charge in [-0.15, -0.1) is 0 Å². The maximum absolute atomic E-state index is 5.13. The summed E-state index contributed by atoms with van der Waals surface area (Å²) in [4.78, 5) is 5.13. The molecule has 0 rings (SSSR count). The molecule has 0 amide bonds. The van der Waals surface area contributed by atoms with Crippen molar-refractivity contribution in [3.05, 3.63) is 0 Å². The van der Waals surface area contributed by atoms with E-state index < -0.39 is 0 Å². The highest BCUT2D eigenvalue weighted by atomic mass is 32.1. The summed E-state index contributed by atoms with van der Waals surface area (Å²) in [7, 11) is 1.74. The molecule has 0 unspecified atom stereocenters. The predicted octanol–water partition coefficient (Wildman–Crippen LogP) is 0.810. The van der Waals surface area contributed by atoms with Crippen LogP contribution in [0.25, 0.3) is 0 Å². The van der Waals surface area contributed by atoms with Gasteiger partial charge in [0.15, 0.2) is 5.11 Å². The average Bonchev–Trinajstić information content (AvgIpc) is 1.81. The van der Waals surface area contributed by atoms with Gasteiger partial charge in [0, 0.05) is 7.05 Å². The first-order valence-corrected chi connectivity index (χ1v) is 3.52. The van der Waals surface area contributed by atoms with Gasteiger partial charge in [0.05, 0.1) is 5.60 Å². The lowest BCUT2D eigenvalue weighted by Gasteiger charge is -2.19. The lowest BCUT2D eigenvalue weighted by atomic mass is 10.2. The second kappa shape index (κ2) is 3.73. The van der Waals surface area contributed by atoms with Crippen LogP contribution >= 0.6 is 12.2 Å². The van der Waals surface area contributed by atoms with E-state index in [0.29, 0.717) is 5.11 Å². The molecule has 0 aliphatic heterocycles. The van der Waals surface area contributed by atoms with Crippen molar-refractivity contribution in [3.63, 3.8) is 0 Å². The summed E-state index contributed by atoms with van der Waals surface area (Å²) in [6, 6.07) is 0. The quantitative estimate of drug-likeness (QED) is 0.441. The Morgan fingerprint density at radius 1 is 1.40 bits per heavy atom. The molecule has 0 fully saturated rings. The van der Waals surface area contributed by atoms with Crippen molar-refractivity contribution in [1.29, 1.82) is 0 Å². The molecule has 0 bridgehead atoms. The van der Waals surface area contributed by atoms with E-state index in [2.05, 4.69) is 10.8 Å². The number of hydrogen-bond donors (Lipinski definition) is 2. The smallest absolute Gasteiger partial charge is 0.190 e. The zero-order chi connectivity index (χ0) is 8.20. The van der Waals surface area contributed by atoms with Gasteiger partial charge >= 0.3 is 0 Å². The standard InChI is InChI=1S/C6H14N2OS/c1-6(2,3)9-8-5(10)7-4/h1-4H3,(H2,7,8,10). The third-order valence-electron chi connectivity index (χ3n) is 0.677. The van der Waals surface area contributed by atoms with Gasteiger partial charge in [-0.2, -0.15) is 0 Å². The molecule has 0 saturated carbocycles. The zero-order valence-electron chi connectivity index (χ0n) is 6.82. The van der Waals surface area contributed by atoms with E-state index in [0.717, 1.165) is 0 Å². The molecule has 3 nitrogen and oxygen atoms in total. The second-order valence-corrected chi connectivity index (χ2v) is 3.30. The first kappa shape index (κ1) is 9.65. The third kappa shape index (κ3) is 5.78. The van der Waals surface area contributed by atoms with E-state index in [-0.39, 0.29) is 5.60 Å². The van der Waals surface area contributed by atoms with Crippen LogP contribution in [0.4, 0.5) is 0 Å². The summed E-state index contributed by atoms with van der Waals surface area (Å²) in [5, 5.41) is 3.23. The molecule has 4 heteroatoms. The first-order valence-electron chi connectivity index (χ1n) is 3.11. The van der Waals surface area contributed by atoms with Gasteiger partial charge < -0.3 is 5.32 Å². The van der Waals surface area contributed by atoms with E-state index in [4.69, 9.17) is 17.1 Å². The summed E-state index contributed by atoms with van der Waals surface area (Å²) in [5.41, 5.74) is 2.39. The fourth-order valence-electron chi connectivity index (χ4n) is 0.250. The summed E-state index contributed by atoms with van der Waals surface area (Å²) >= 11 is 4.78. The minimum atomic E-state index is -0.207. The van der Waals surface area contributed by atoms with E-state index in [1.54, 1.807) is 7.05 Å². The number of nitrogens with one attached hydrogen (secondary N) is 2. The number of hydrogen-bond acceptors (Lipinski definition) is 2. The zero-order valence-corrected chi connectivity index (χ0v) is 7.63. The van der Waals surface area contributed by atoms with Crippen molar-refractivity contribution in [2.24, 2.45) is 0 Å². The van der Waals surface area contributed by atoms with Crippen LogP contribution in [0.3, 0.4) is 0 Å². The molecule has 0 aromatic carbocycles. The van der Waals surface area contributed by atoms with Gasteiger partial charge in [-0.25, -0.2) is 5.48 Å². The Hall–Kier alpha value is -0.350. The van der Waals surface area contributed by atoms with Crippen LogP contribution in [-0.4, -0.2) is 17.8 Å². The number of rotatable bonds is 1. The van der Waals surface area contributed by atoms with Crippen molar-refractivity contribution >= 4 is 17.3 Å². The van der Waals surface area contributed by atoms with Gasteiger partial charge in [-0.05, 0) is 33.0 Å². The second-order valence-electron chi connectivity index (χ2n) is 2.90. The normalized spacial score (nSPS) is 10.8. The van der Waals surface area contributed by atoms with Crippen molar-refractivity contribution < 1.29 is 4.84 Å². The molecule has 2 N–H and O–H groups in total. The van der Waals surface area contributed by atoms with Crippen LogP contribution < -0.4 is 10.8 Å². The summed E-state index contributed by atoms with van der Waals surface area (Å²) < 4.78 is 0. The summed E-state index contributed by atoms with van der Waals surface area (Å²) in [6.45, 7) is 5.83. The lowest BCUT2D eigenvalue weighted by Crippen LogP contribution is -2.38. The van der Waals surface area contributed by atoms with E-state index in [9.17, 15) is 0 Å². The Balaban J connectivity index is 3.46. The van der Waals surface area contributed by atoms with Crippen LogP contribution in [0.2, 0.25) is 0 Å². The predicted molar refractivity (Wildman–Crippen MR) is 45.6 cm³/mol. The van der Waals surface area contributed by atoms with Crippen molar-refractivity contribution in [2.45, 2.75) is 26.4 Å². The monoisotopic (exact) mass is 162 g/mol. The van der Waals surface area contributed by atoms with Crippen LogP contribution in [0, 0.1) is 0 Å². The molecule has 60 valence electrons. The Labute approximate surface area is 67.1 Å². The largest absolute Gasteiger partial charge is 0.364 e. The van der Waals surface area contributed by atoms with Gasteiger partial charge in [-0.1, -0.05) is 0 Å². The average molecular weight is 162 g/mol. The van der Waals surface area contributed by atoms with Gasteiger partial charge in [0.1, 0.15) is 0 Å². The highest BCUT2D eigenvalue weighted by Crippen LogP contribution is 2.02. The molecule has 0 aromatic rings. The van der Waals surface area contributed by atoms with E-state index in [1.807, 2.05) is 20.8 Å². The van der Waals surface area contributed by atoms with Crippen molar-refractivity contribution in [3.8, 4) is 0 Å². The molecule has 10 heavy (non-hydrogen) atoms. The fourth-order valence-corrected chi connectivity index (χ4v) is 0.292. The summed E-state index contributed by atoms with van der Waals surface area (Å²) in [6.07, 6.45) is 0. The molecule has 0 aliphatic carbocycles. The lowest BCUT2D eigenvalue weighted by molar-refractivity contribution is -0.0425. The minimum Gasteiger partial charge on any atom is -0.364 e. The van der Waals surface area contributed by atoms with Crippen molar-refractivity contribution in [2.75, 3.05) is 7.05 Å². The maximum atomic E-state index is 5.13. The molecule has 0 aromatic heterocycles. The molecule has 0 heterocycles. The highest BCUT2D eigenvalue weighted by Gasteiger charge is 2.10. The Bertz CT molecular complexity index is 119. The third-order valence-corrected chi connectivity index (χ3v) is 0.964. The fraction of sp³-hybridized carbons (Fsp3) is 0.833. The summed E-state index contributed by atoms with van der Waals surface area (Å²) in [5.74, 6) is 0. The SMILES string of the molecule is CNC(=S)NOC(C)(C)C. The number of thiocarbonyl (C=S) groups is 1. The molecule has 0 radical (unpaired) electrons. The molecule has 0 atom stereocenters. The maximum Gasteiger partial charge on any atom is 0.190 e. The molecule has 0 saturated heterocycles. The van der Waals surface area contributed by atoms with Crippen LogP contribution in [-0.2, 0) is 4.84 Å². The highest BCUT2D eigenvalue weighted by molar-refractivity contribution is 7.80. The first-order chi connectivity index (χ1) is 4.45.